The number of rotatable bonds is 3. The minimum absolute atomic E-state index is 0.488. The Bertz CT molecular complexity index is 324. The molecule has 0 aromatic heterocycles. The molecule has 0 aliphatic rings. The lowest BCUT2D eigenvalue weighted by Gasteiger charge is -2.15. The van der Waals surface area contributed by atoms with Gasteiger partial charge in [-0.1, -0.05) is 12.1 Å². The summed E-state index contributed by atoms with van der Waals surface area (Å²) in [6, 6.07) is 9.04. The first-order valence-corrected chi connectivity index (χ1v) is 4.46. The van der Waals surface area contributed by atoms with Crippen molar-refractivity contribution in [2.24, 2.45) is 0 Å². The lowest BCUT2D eigenvalue weighted by molar-refractivity contribution is 0.138. The van der Waals surface area contributed by atoms with E-state index in [1.807, 2.05) is 25.1 Å². The number of nitrogens with zero attached hydrogens (tertiary/aromatic N) is 2. The molecule has 74 valence electrons. The molecule has 1 rings (SSSR count). The topological polar surface area (TPSA) is 47.3 Å². The van der Waals surface area contributed by atoms with Crippen LogP contribution in [-0.2, 0) is 0 Å². The fraction of sp³-hybridized carbons (Fsp3) is 0.364. The third-order valence-electron chi connectivity index (χ3n) is 1.96. The van der Waals surface area contributed by atoms with Gasteiger partial charge in [0.2, 0.25) is 0 Å². The molecule has 0 heterocycles. The van der Waals surface area contributed by atoms with Gasteiger partial charge in [-0.3, -0.25) is 0 Å². The largest absolute Gasteiger partial charge is 0.387 e. The van der Waals surface area contributed by atoms with Crippen LogP contribution in [0, 0.1) is 11.3 Å². The number of hydrogen-bond donors (Lipinski definition) is 1. The number of aliphatic hydroxyl groups is 1. The Morgan fingerprint density at radius 2 is 1.93 bits per heavy atom. The van der Waals surface area contributed by atoms with Gasteiger partial charge >= 0.3 is 0 Å². The molecule has 0 saturated carbocycles. The summed E-state index contributed by atoms with van der Waals surface area (Å²) < 4.78 is 0. The van der Waals surface area contributed by atoms with Crippen molar-refractivity contribution in [1.29, 1.82) is 5.26 Å². The Kier molecular flexibility index (Phi) is 3.63. The molecule has 1 aromatic rings. The molecule has 0 fully saturated rings. The third kappa shape index (κ3) is 2.84. The summed E-state index contributed by atoms with van der Waals surface area (Å²) >= 11 is 0. The molecule has 1 atom stereocenters. The fourth-order valence-corrected chi connectivity index (χ4v) is 1.23. The van der Waals surface area contributed by atoms with Gasteiger partial charge in [-0.05, 0) is 31.8 Å². The van der Waals surface area contributed by atoms with Crippen LogP contribution < -0.4 is 0 Å². The number of hydrogen-bond acceptors (Lipinski definition) is 3. The molecular weight excluding hydrogens is 176 g/mol. The standard InChI is InChI=1S/C11H14N2O/c1-13(2)8-11(14)10-5-3-9(7-12)4-6-10/h3-6,11,14H,8H2,1-2H3. The predicted molar refractivity (Wildman–Crippen MR) is 54.7 cm³/mol. The SMILES string of the molecule is CN(C)CC(O)c1ccc(C#N)cc1. The van der Waals surface area contributed by atoms with Crippen molar-refractivity contribution in [1.82, 2.24) is 4.90 Å². The van der Waals surface area contributed by atoms with Crippen molar-refractivity contribution < 1.29 is 5.11 Å². The summed E-state index contributed by atoms with van der Waals surface area (Å²) in [6.45, 7) is 0.589. The summed E-state index contributed by atoms with van der Waals surface area (Å²) in [5.41, 5.74) is 1.46. The van der Waals surface area contributed by atoms with E-state index in [0.717, 1.165) is 5.56 Å². The van der Waals surface area contributed by atoms with E-state index in [2.05, 4.69) is 0 Å². The second kappa shape index (κ2) is 4.75. The second-order valence-electron chi connectivity index (χ2n) is 3.51. The smallest absolute Gasteiger partial charge is 0.0991 e. The lowest BCUT2D eigenvalue weighted by Crippen LogP contribution is -2.19. The minimum Gasteiger partial charge on any atom is -0.387 e. The normalized spacial score (nSPS) is 12.5. The van der Waals surface area contributed by atoms with Gasteiger partial charge in [0, 0.05) is 6.54 Å². The molecule has 1 unspecified atom stereocenters. The number of nitriles is 1. The van der Waals surface area contributed by atoms with Crippen molar-refractivity contribution in [2.45, 2.75) is 6.10 Å². The summed E-state index contributed by atoms with van der Waals surface area (Å²) in [5.74, 6) is 0. The maximum absolute atomic E-state index is 9.73. The molecule has 0 saturated heterocycles. The highest BCUT2D eigenvalue weighted by atomic mass is 16.3. The molecule has 14 heavy (non-hydrogen) atoms. The van der Waals surface area contributed by atoms with E-state index in [9.17, 15) is 5.11 Å². The van der Waals surface area contributed by atoms with Crippen molar-refractivity contribution in [3.8, 4) is 6.07 Å². The summed E-state index contributed by atoms with van der Waals surface area (Å²) in [5, 5.41) is 18.3. The van der Waals surface area contributed by atoms with Gasteiger partial charge in [-0.2, -0.15) is 5.26 Å². The van der Waals surface area contributed by atoms with Gasteiger partial charge in [-0.25, -0.2) is 0 Å². The van der Waals surface area contributed by atoms with Gasteiger partial charge in [0.15, 0.2) is 0 Å². The van der Waals surface area contributed by atoms with Crippen LogP contribution in [0.2, 0.25) is 0 Å². The van der Waals surface area contributed by atoms with E-state index >= 15 is 0 Å². The Hall–Kier alpha value is -1.37. The van der Waals surface area contributed by atoms with Crippen molar-refractivity contribution in [3.05, 3.63) is 35.4 Å². The second-order valence-corrected chi connectivity index (χ2v) is 3.51. The van der Waals surface area contributed by atoms with Gasteiger partial charge < -0.3 is 10.0 Å². The average Bonchev–Trinajstić information content (AvgIpc) is 2.17. The van der Waals surface area contributed by atoms with Crippen molar-refractivity contribution in [2.75, 3.05) is 20.6 Å². The first kappa shape index (κ1) is 10.7. The van der Waals surface area contributed by atoms with Crippen LogP contribution in [0.3, 0.4) is 0 Å². The highest BCUT2D eigenvalue weighted by molar-refractivity contribution is 5.32. The van der Waals surface area contributed by atoms with Crippen LogP contribution in [0.5, 0.6) is 0 Å². The van der Waals surface area contributed by atoms with Gasteiger partial charge in [0.05, 0.1) is 17.7 Å². The number of aliphatic hydroxyl groups excluding tert-OH is 1. The molecule has 0 spiro atoms. The molecule has 0 bridgehead atoms. The molecule has 0 amide bonds. The molecule has 3 heteroatoms. The highest BCUT2D eigenvalue weighted by Gasteiger charge is 2.07. The first-order valence-electron chi connectivity index (χ1n) is 4.46. The quantitative estimate of drug-likeness (QED) is 0.777. The van der Waals surface area contributed by atoms with E-state index in [1.54, 1.807) is 24.3 Å². The van der Waals surface area contributed by atoms with E-state index in [1.165, 1.54) is 0 Å². The van der Waals surface area contributed by atoms with Crippen LogP contribution in [-0.4, -0.2) is 30.6 Å². The maximum Gasteiger partial charge on any atom is 0.0991 e. The molecule has 0 radical (unpaired) electrons. The van der Waals surface area contributed by atoms with E-state index in [0.29, 0.717) is 12.1 Å². The van der Waals surface area contributed by atoms with Crippen molar-refractivity contribution >= 4 is 0 Å². The van der Waals surface area contributed by atoms with Gasteiger partial charge in [0.25, 0.3) is 0 Å². The fourth-order valence-electron chi connectivity index (χ4n) is 1.23. The Morgan fingerprint density at radius 3 is 2.36 bits per heavy atom. The summed E-state index contributed by atoms with van der Waals surface area (Å²) in [6.07, 6.45) is -0.488. The Balaban J connectivity index is 2.72. The zero-order valence-electron chi connectivity index (χ0n) is 8.44. The van der Waals surface area contributed by atoms with E-state index in [-0.39, 0.29) is 0 Å². The van der Waals surface area contributed by atoms with E-state index in [4.69, 9.17) is 5.26 Å². The Morgan fingerprint density at radius 1 is 1.36 bits per heavy atom. The molecular formula is C11H14N2O. The van der Waals surface area contributed by atoms with E-state index < -0.39 is 6.10 Å². The predicted octanol–water partition coefficient (Wildman–Crippen LogP) is 1.15. The van der Waals surface area contributed by atoms with Gasteiger partial charge in [0.1, 0.15) is 0 Å². The highest BCUT2D eigenvalue weighted by Crippen LogP contribution is 2.13. The molecule has 1 aromatic carbocycles. The van der Waals surface area contributed by atoms with Crippen molar-refractivity contribution in [3.63, 3.8) is 0 Å². The van der Waals surface area contributed by atoms with Crippen LogP contribution in [0.1, 0.15) is 17.2 Å². The van der Waals surface area contributed by atoms with Crippen LogP contribution in [0.15, 0.2) is 24.3 Å². The zero-order valence-corrected chi connectivity index (χ0v) is 8.44. The number of likely N-dealkylation sites (N-methyl/N-ethyl adjacent to an activating group) is 1. The third-order valence-corrected chi connectivity index (χ3v) is 1.96. The summed E-state index contributed by atoms with van der Waals surface area (Å²) in [7, 11) is 3.82. The summed E-state index contributed by atoms with van der Waals surface area (Å²) in [4.78, 5) is 1.92. The molecule has 1 N–H and O–H groups in total. The van der Waals surface area contributed by atoms with Crippen LogP contribution in [0.4, 0.5) is 0 Å². The minimum atomic E-state index is -0.488. The molecule has 3 nitrogen and oxygen atoms in total. The average molecular weight is 190 g/mol. The molecule has 0 aliphatic carbocycles. The lowest BCUT2D eigenvalue weighted by atomic mass is 10.1. The zero-order chi connectivity index (χ0) is 10.6. The van der Waals surface area contributed by atoms with Gasteiger partial charge in [-0.15, -0.1) is 0 Å². The van der Waals surface area contributed by atoms with Crippen LogP contribution >= 0.6 is 0 Å². The maximum atomic E-state index is 9.73. The molecule has 0 aliphatic heterocycles. The number of benzene rings is 1. The Labute approximate surface area is 84.2 Å². The monoisotopic (exact) mass is 190 g/mol. The van der Waals surface area contributed by atoms with Crippen LogP contribution in [0.25, 0.3) is 0 Å². The first-order chi connectivity index (χ1) is 6.63.